The van der Waals surface area contributed by atoms with E-state index in [1.807, 2.05) is 0 Å². The Labute approximate surface area is 224 Å². The molecule has 1 aliphatic carbocycles. The van der Waals surface area contributed by atoms with Crippen LogP contribution in [-0.4, -0.2) is 80.9 Å². The Hall–Kier alpha value is -3.14. The summed E-state index contributed by atoms with van der Waals surface area (Å²) in [6.45, 7) is 1.45. The molecular formula is C22H29ClN8O6S. The second-order valence-corrected chi connectivity index (χ2v) is 11.2. The molecule has 206 valence electrons. The lowest BCUT2D eigenvalue weighted by atomic mass is 9.86. The molecule has 1 fully saturated rings. The highest BCUT2D eigenvalue weighted by Crippen LogP contribution is 2.39. The van der Waals surface area contributed by atoms with Crippen molar-refractivity contribution in [2.75, 3.05) is 26.1 Å². The molecule has 3 aromatic heterocycles. The van der Waals surface area contributed by atoms with E-state index in [1.165, 1.54) is 51.5 Å². The van der Waals surface area contributed by atoms with Crippen LogP contribution >= 0.6 is 11.6 Å². The normalized spacial score (nSPS) is 19.5. The van der Waals surface area contributed by atoms with Crippen LogP contribution in [0.25, 0.3) is 5.69 Å². The predicted octanol–water partition coefficient (Wildman–Crippen LogP) is 2.05. The summed E-state index contributed by atoms with van der Waals surface area (Å²) in [6, 6.07) is 0. The van der Waals surface area contributed by atoms with Crippen LogP contribution in [0, 0.1) is 0 Å². The quantitative estimate of drug-likeness (QED) is 0.364. The van der Waals surface area contributed by atoms with Crippen molar-refractivity contribution in [1.82, 2.24) is 34.7 Å². The maximum atomic E-state index is 13.6. The van der Waals surface area contributed by atoms with E-state index in [0.29, 0.717) is 23.7 Å². The first kappa shape index (κ1) is 27.9. The number of aliphatic hydroxyl groups excluding tert-OH is 1. The van der Waals surface area contributed by atoms with Gasteiger partial charge in [0, 0.05) is 25.4 Å². The molecule has 3 heterocycles. The van der Waals surface area contributed by atoms with Gasteiger partial charge in [-0.3, -0.25) is 9.29 Å². The smallest absolute Gasteiger partial charge is 0.245 e. The molecule has 14 nitrogen and oxygen atoms in total. The van der Waals surface area contributed by atoms with Crippen LogP contribution in [0.3, 0.4) is 0 Å². The first-order valence-corrected chi connectivity index (χ1v) is 13.7. The van der Waals surface area contributed by atoms with E-state index in [0.717, 1.165) is 12.8 Å². The number of ether oxygens (including phenoxy) is 3. The van der Waals surface area contributed by atoms with Crippen molar-refractivity contribution in [3.63, 3.8) is 0 Å². The Kier molecular flexibility index (Phi) is 8.60. The van der Waals surface area contributed by atoms with Crippen LogP contribution in [-0.2, 0) is 14.8 Å². The number of hydrogen-bond donors (Lipinski definition) is 2. The number of hydrogen-bond acceptors (Lipinski definition) is 12. The Morgan fingerprint density at radius 3 is 2.26 bits per heavy atom. The molecule has 4 atom stereocenters. The summed E-state index contributed by atoms with van der Waals surface area (Å²) in [5.41, 5.74) is 0.185. The molecule has 0 bridgehead atoms. The minimum absolute atomic E-state index is 0.0982. The van der Waals surface area contributed by atoms with Gasteiger partial charge >= 0.3 is 0 Å². The van der Waals surface area contributed by atoms with Crippen LogP contribution in [0.5, 0.6) is 11.8 Å². The molecule has 2 N–H and O–H groups in total. The second-order valence-electron chi connectivity index (χ2n) is 8.68. The maximum absolute atomic E-state index is 13.6. The molecule has 4 rings (SSSR count). The minimum Gasteiger partial charge on any atom is -0.479 e. The van der Waals surface area contributed by atoms with Gasteiger partial charge in [-0.15, -0.1) is 10.2 Å². The molecule has 1 aliphatic rings. The lowest BCUT2D eigenvalue weighted by molar-refractivity contribution is 0.0950. The maximum Gasteiger partial charge on any atom is 0.245 e. The number of nitrogens with zero attached hydrogens (tertiary/aromatic N) is 7. The molecule has 38 heavy (non-hydrogen) atoms. The van der Waals surface area contributed by atoms with E-state index in [2.05, 4.69) is 34.9 Å². The van der Waals surface area contributed by atoms with E-state index in [1.54, 1.807) is 0 Å². The third kappa shape index (κ3) is 5.50. The van der Waals surface area contributed by atoms with Gasteiger partial charge in [-0.05, 0) is 19.8 Å². The fourth-order valence-electron chi connectivity index (χ4n) is 4.43. The molecule has 16 heteroatoms. The van der Waals surface area contributed by atoms with Crippen molar-refractivity contribution in [2.45, 2.75) is 56.0 Å². The number of methoxy groups -OCH3 is 3. The van der Waals surface area contributed by atoms with E-state index < -0.39 is 33.4 Å². The zero-order valence-corrected chi connectivity index (χ0v) is 22.8. The number of rotatable bonds is 10. The highest BCUT2D eigenvalue weighted by molar-refractivity contribution is 7.93. The Bertz CT molecular complexity index is 1330. The van der Waals surface area contributed by atoms with Crippen molar-refractivity contribution in [3.05, 3.63) is 35.4 Å². The standard InChI is InChI=1S/C22H29ClN8O6S/c1-12(17(35-2)18-24-9-13(23)10-25-18)38(33,34)30-22-29-28-19(14-7-5-6-8-15(14)32)31(22)16-20(36-3)26-11-27-21(16)37-4/h9-12,14-15,17,32H,5-8H2,1-4H3,(H,29,30). The topological polar surface area (TPSA) is 176 Å². The van der Waals surface area contributed by atoms with Crippen LogP contribution in [0.15, 0.2) is 18.7 Å². The fourth-order valence-corrected chi connectivity index (χ4v) is 5.66. The minimum atomic E-state index is -4.18. The van der Waals surface area contributed by atoms with Gasteiger partial charge in [0.1, 0.15) is 23.5 Å². The van der Waals surface area contributed by atoms with Gasteiger partial charge in [-0.2, -0.15) is 9.97 Å². The van der Waals surface area contributed by atoms with Crippen molar-refractivity contribution < 1.29 is 27.7 Å². The number of aliphatic hydroxyl groups is 1. The number of aromatic nitrogens is 7. The van der Waals surface area contributed by atoms with Crippen LogP contribution in [0.2, 0.25) is 5.02 Å². The first-order chi connectivity index (χ1) is 18.2. The average Bonchev–Trinajstić information content (AvgIpc) is 3.31. The average molecular weight is 569 g/mol. The fraction of sp³-hybridized carbons (Fsp3) is 0.545. The summed E-state index contributed by atoms with van der Waals surface area (Å²) in [6.07, 6.45) is 5.18. The van der Waals surface area contributed by atoms with Crippen LogP contribution in [0.4, 0.5) is 5.95 Å². The first-order valence-electron chi connectivity index (χ1n) is 11.8. The molecule has 3 aromatic rings. The van der Waals surface area contributed by atoms with Gasteiger partial charge in [-0.25, -0.2) is 18.4 Å². The van der Waals surface area contributed by atoms with Gasteiger partial charge < -0.3 is 19.3 Å². The Morgan fingerprint density at radius 2 is 1.68 bits per heavy atom. The van der Waals surface area contributed by atoms with Crippen LogP contribution in [0.1, 0.15) is 56.3 Å². The van der Waals surface area contributed by atoms with E-state index in [-0.39, 0.29) is 29.2 Å². The van der Waals surface area contributed by atoms with Gasteiger partial charge in [0.15, 0.2) is 11.5 Å². The largest absolute Gasteiger partial charge is 0.479 e. The Balaban J connectivity index is 1.80. The number of halogens is 1. The summed E-state index contributed by atoms with van der Waals surface area (Å²) in [5.74, 6) is 0.0704. The molecule has 0 aliphatic heterocycles. The molecule has 0 saturated heterocycles. The molecule has 0 spiro atoms. The lowest BCUT2D eigenvalue weighted by Gasteiger charge is -2.28. The third-order valence-corrected chi connectivity index (χ3v) is 8.30. The monoisotopic (exact) mass is 568 g/mol. The van der Waals surface area contributed by atoms with Gasteiger partial charge in [0.25, 0.3) is 0 Å². The molecule has 4 unspecified atom stereocenters. The van der Waals surface area contributed by atoms with Crippen LogP contribution < -0.4 is 14.2 Å². The van der Waals surface area contributed by atoms with Gasteiger partial charge in [0.2, 0.25) is 27.7 Å². The summed E-state index contributed by atoms with van der Waals surface area (Å²) >= 11 is 5.88. The summed E-state index contributed by atoms with van der Waals surface area (Å²) < 4.78 is 47.4. The number of sulfonamides is 1. The molecule has 1 saturated carbocycles. The summed E-state index contributed by atoms with van der Waals surface area (Å²) in [5, 5.41) is 18.3. The van der Waals surface area contributed by atoms with Gasteiger partial charge in [0.05, 0.1) is 25.3 Å². The number of nitrogens with one attached hydrogen (secondary N) is 1. The molecular weight excluding hydrogens is 540 g/mol. The van der Waals surface area contributed by atoms with Gasteiger partial charge in [-0.1, -0.05) is 24.4 Å². The van der Waals surface area contributed by atoms with E-state index >= 15 is 0 Å². The zero-order chi connectivity index (χ0) is 27.4. The van der Waals surface area contributed by atoms with E-state index in [4.69, 9.17) is 25.8 Å². The SMILES string of the molecule is COc1ncnc(OC)c1-n1c(NS(=O)(=O)C(C)C(OC)c2ncc(Cl)cn2)nnc1C1CCCCC1O. The lowest BCUT2D eigenvalue weighted by Crippen LogP contribution is -2.33. The van der Waals surface area contributed by atoms with Crippen molar-refractivity contribution in [3.8, 4) is 17.4 Å². The van der Waals surface area contributed by atoms with Crippen molar-refractivity contribution in [1.29, 1.82) is 0 Å². The number of anilines is 1. The molecule has 0 radical (unpaired) electrons. The van der Waals surface area contributed by atoms with Crippen molar-refractivity contribution >= 4 is 27.6 Å². The highest BCUT2D eigenvalue weighted by atomic mass is 35.5. The molecule has 0 aromatic carbocycles. The summed E-state index contributed by atoms with van der Waals surface area (Å²) in [4.78, 5) is 16.5. The zero-order valence-electron chi connectivity index (χ0n) is 21.3. The third-order valence-electron chi connectivity index (χ3n) is 6.41. The van der Waals surface area contributed by atoms with E-state index in [9.17, 15) is 13.5 Å². The predicted molar refractivity (Wildman–Crippen MR) is 136 cm³/mol. The second kappa shape index (κ2) is 11.7. The molecule has 0 amide bonds. The summed E-state index contributed by atoms with van der Waals surface area (Å²) in [7, 11) is -0.00443. The Morgan fingerprint density at radius 1 is 1.05 bits per heavy atom. The highest BCUT2D eigenvalue weighted by Gasteiger charge is 2.37. The van der Waals surface area contributed by atoms with Crippen molar-refractivity contribution in [2.24, 2.45) is 0 Å².